The molecule has 2 heterocycles. The SMILES string of the molecule is O=C(O)[C@H]1CN(S(=O)(=O)c2ccc(Cl)s2)CC[C@@H]1O. The van der Waals surface area contributed by atoms with Crippen molar-refractivity contribution in [3.8, 4) is 0 Å². The number of piperidine rings is 1. The third-order valence-corrected chi connectivity index (χ3v) is 6.56. The highest BCUT2D eigenvalue weighted by Gasteiger charge is 2.38. The van der Waals surface area contributed by atoms with Gasteiger partial charge in [-0.2, -0.15) is 4.31 Å². The van der Waals surface area contributed by atoms with Gasteiger partial charge in [0, 0.05) is 13.1 Å². The normalized spacial score (nSPS) is 25.4. The molecule has 0 saturated carbocycles. The van der Waals surface area contributed by atoms with Gasteiger partial charge in [0.15, 0.2) is 0 Å². The zero-order valence-electron chi connectivity index (χ0n) is 9.69. The first-order valence-corrected chi connectivity index (χ1v) is 8.12. The van der Waals surface area contributed by atoms with E-state index in [2.05, 4.69) is 0 Å². The van der Waals surface area contributed by atoms with Crippen LogP contribution in [0.1, 0.15) is 6.42 Å². The van der Waals surface area contributed by atoms with Gasteiger partial charge in [-0.25, -0.2) is 8.42 Å². The number of carbonyl (C=O) groups is 1. The molecule has 1 aliphatic rings. The smallest absolute Gasteiger partial charge is 0.310 e. The molecule has 0 aromatic carbocycles. The summed E-state index contributed by atoms with van der Waals surface area (Å²) in [7, 11) is -3.74. The van der Waals surface area contributed by atoms with E-state index in [1.54, 1.807) is 0 Å². The van der Waals surface area contributed by atoms with E-state index in [0.717, 1.165) is 15.6 Å². The van der Waals surface area contributed by atoms with Crippen LogP contribution in [-0.2, 0) is 14.8 Å². The van der Waals surface area contributed by atoms with E-state index in [1.807, 2.05) is 0 Å². The highest BCUT2D eigenvalue weighted by Crippen LogP contribution is 2.30. The molecule has 1 fully saturated rings. The number of nitrogens with zero attached hydrogens (tertiary/aromatic N) is 1. The number of aliphatic hydroxyl groups is 1. The van der Waals surface area contributed by atoms with E-state index in [4.69, 9.17) is 16.7 Å². The van der Waals surface area contributed by atoms with Crippen molar-refractivity contribution in [3.05, 3.63) is 16.5 Å². The van der Waals surface area contributed by atoms with Crippen LogP contribution in [0.2, 0.25) is 4.34 Å². The zero-order chi connectivity index (χ0) is 14.2. The fraction of sp³-hybridized carbons (Fsp3) is 0.500. The first kappa shape index (κ1) is 14.7. The van der Waals surface area contributed by atoms with Gasteiger partial charge in [-0.05, 0) is 18.6 Å². The number of carboxylic acid groups (broad SMARTS) is 1. The number of hydrogen-bond acceptors (Lipinski definition) is 5. The summed E-state index contributed by atoms with van der Waals surface area (Å²) >= 11 is 6.63. The number of thiophene rings is 1. The van der Waals surface area contributed by atoms with Gasteiger partial charge in [0.1, 0.15) is 4.21 Å². The van der Waals surface area contributed by atoms with Crippen molar-refractivity contribution in [2.45, 2.75) is 16.7 Å². The number of hydrogen-bond donors (Lipinski definition) is 2. The largest absolute Gasteiger partial charge is 0.481 e. The van der Waals surface area contributed by atoms with Crippen LogP contribution in [0.3, 0.4) is 0 Å². The first-order chi connectivity index (χ1) is 8.82. The van der Waals surface area contributed by atoms with Gasteiger partial charge in [-0.15, -0.1) is 11.3 Å². The lowest BCUT2D eigenvalue weighted by Gasteiger charge is -2.32. The molecule has 0 spiro atoms. The van der Waals surface area contributed by atoms with E-state index in [-0.39, 0.29) is 23.7 Å². The fourth-order valence-corrected chi connectivity index (χ4v) is 5.05. The molecule has 1 aliphatic heterocycles. The van der Waals surface area contributed by atoms with Crippen LogP contribution in [0.15, 0.2) is 16.3 Å². The fourth-order valence-electron chi connectivity index (χ4n) is 1.93. The van der Waals surface area contributed by atoms with Crippen LogP contribution in [0.25, 0.3) is 0 Å². The van der Waals surface area contributed by atoms with Gasteiger partial charge in [0.25, 0.3) is 10.0 Å². The lowest BCUT2D eigenvalue weighted by atomic mass is 9.96. The Morgan fingerprint density at radius 1 is 1.47 bits per heavy atom. The number of sulfonamides is 1. The summed E-state index contributed by atoms with van der Waals surface area (Å²) in [6.07, 6.45) is -0.911. The molecule has 0 unspecified atom stereocenters. The Labute approximate surface area is 119 Å². The molecule has 6 nitrogen and oxygen atoms in total. The lowest BCUT2D eigenvalue weighted by Crippen LogP contribution is -2.48. The minimum atomic E-state index is -3.74. The van der Waals surface area contributed by atoms with Gasteiger partial charge in [-0.3, -0.25) is 4.79 Å². The third kappa shape index (κ3) is 2.92. The lowest BCUT2D eigenvalue weighted by molar-refractivity contribution is -0.147. The second-order valence-electron chi connectivity index (χ2n) is 4.22. The quantitative estimate of drug-likeness (QED) is 0.859. The number of carboxylic acids is 1. The summed E-state index contributed by atoms with van der Waals surface area (Å²) in [5.41, 5.74) is 0. The van der Waals surface area contributed by atoms with E-state index in [0.29, 0.717) is 4.34 Å². The van der Waals surface area contributed by atoms with Crippen LogP contribution in [-0.4, -0.2) is 48.1 Å². The van der Waals surface area contributed by atoms with Crippen molar-refractivity contribution >= 4 is 38.9 Å². The molecule has 1 saturated heterocycles. The van der Waals surface area contributed by atoms with Gasteiger partial charge >= 0.3 is 5.97 Å². The van der Waals surface area contributed by atoms with Crippen molar-refractivity contribution in [2.24, 2.45) is 5.92 Å². The van der Waals surface area contributed by atoms with Crippen molar-refractivity contribution in [1.29, 1.82) is 0 Å². The molecule has 2 N–H and O–H groups in total. The predicted octanol–water partition coefficient (Wildman–Crippen LogP) is 0.858. The van der Waals surface area contributed by atoms with Crippen LogP contribution < -0.4 is 0 Å². The van der Waals surface area contributed by atoms with Crippen molar-refractivity contribution < 1.29 is 23.4 Å². The molecule has 0 amide bonds. The molecule has 106 valence electrons. The number of aliphatic hydroxyl groups excluding tert-OH is 1. The van der Waals surface area contributed by atoms with Crippen LogP contribution >= 0.6 is 22.9 Å². The molecule has 0 bridgehead atoms. The third-order valence-electron chi connectivity index (χ3n) is 3.00. The minimum absolute atomic E-state index is 0.0815. The second kappa shape index (κ2) is 5.37. The number of rotatable bonds is 3. The highest BCUT2D eigenvalue weighted by atomic mass is 35.5. The molecule has 1 aromatic rings. The van der Waals surface area contributed by atoms with Gasteiger partial charge in [0.05, 0.1) is 16.4 Å². The van der Waals surface area contributed by atoms with E-state index >= 15 is 0 Å². The number of halogens is 1. The molecule has 0 radical (unpaired) electrons. The molecule has 2 rings (SSSR count). The Hall–Kier alpha value is -0.670. The number of aliphatic carboxylic acids is 1. The average molecular weight is 326 g/mol. The van der Waals surface area contributed by atoms with Gasteiger partial charge in [-0.1, -0.05) is 11.6 Å². The van der Waals surface area contributed by atoms with Crippen molar-refractivity contribution in [3.63, 3.8) is 0 Å². The summed E-state index contributed by atoms with van der Waals surface area (Å²) in [5, 5.41) is 18.5. The predicted molar refractivity (Wildman–Crippen MR) is 69.8 cm³/mol. The monoisotopic (exact) mass is 325 g/mol. The Morgan fingerprint density at radius 2 is 2.16 bits per heavy atom. The Bertz CT molecular complexity index is 584. The van der Waals surface area contributed by atoms with Gasteiger partial charge in [0.2, 0.25) is 0 Å². The maximum atomic E-state index is 12.3. The Balaban J connectivity index is 2.25. The van der Waals surface area contributed by atoms with E-state index in [9.17, 15) is 18.3 Å². The van der Waals surface area contributed by atoms with E-state index < -0.39 is 28.0 Å². The average Bonchev–Trinajstić information content (AvgIpc) is 2.76. The molecule has 1 aromatic heterocycles. The minimum Gasteiger partial charge on any atom is -0.481 e. The topological polar surface area (TPSA) is 94.9 Å². The summed E-state index contributed by atoms with van der Waals surface area (Å²) in [5.74, 6) is -2.30. The Kier molecular flexibility index (Phi) is 4.17. The van der Waals surface area contributed by atoms with Crippen LogP contribution in [0.5, 0.6) is 0 Å². The zero-order valence-corrected chi connectivity index (χ0v) is 12.1. The summed E-state index contributed by atoms with van der Waals surface area (Å²) in [6.45, 7) is -0.128. The second-order valence-corrected chi connectivity index (χ2v) is 8.10. The molecule has 0 aliphatic carbocycles. The molecule has 19 heavy (non-hydrogen) atoms. The van der Waals surface area contributed by atoms with E-state index in [1.165, 1.54) is 12.1 Å². The Morgan fingerprint density at radius 3 is 2.68 bits per heavy atom. The first-order valence-electron chi connectivity index (χ1n) is 5.48. The summed E-state index contributed by atoms with van der Waals surface area (Å²) in [4.78, 5) is 11.0. The van der Waals surface area contributed by atoms with Gasteiger partial charge < -0.3 is 10.2 Å². The van der Waals surface area contributed by atoms with Crippen molar-refractivity contribution in [2.75, 3.05) is 13.1 Å². The standard InChI is InChI=1S/C10H12ClNO5S2/c11-8-1-2-9(18-8)19(16,17)12-4-3-7(13)6(5-12)10(14)15/h1-2,6-7,13H,3-5H2,(H,14,15)/t6-,7-/m0/s1. The maximum Gasteiger partial charge on any atom is 0.310 e. The van der Waals surface area contributed by atoms with Crippen molar-refractivity contribution in [1.82, 2.24) is 4.31 Å². The summed E-state index contributed by atoms with van der Waals surface area (Å²) < 4.78 is 26.1. The highest BCUT2D eigenvalue weighted by molar-refractivity contribution is 7.91. The molecular weight excluding hydrogens is 314 g/mol. The van der Waals surface area contributed by atoms with Crippen LogP contribution in [0, 0.1) is 5.92 Å². The summed E-state index contributed by atoms with van der Waals surface area (Å²) in [6, 6.07) is 2.87. The molecule has 2 atom stereocenters. The van der Waals surface area contributed by atoms with Crippen LogP contribution in [0.4, 0.5) is 0 Å². The molecule has 9 heteroatoms. The maximum absolute atomic E-state index is 12.3. The molecular formula is C10H12ClNO5S2.